The van der Waals surface area contributed by atoms with Crippen LogP contribution in [0.3, 0.4) is 0 Å². The number of rotatable bonds is 12. The average molecular weight is 558 g/mol. The van der Waals surface area contributed by atoms with Crippen LogP contribution in [0.25, 0.3) is 0 Å². The molecule has 0 spiro atoms. The van der Waals surface area contributed by atoms with Crippen LogP contribution in [0.4, 0.5) is 18.9 Å². The smallest absolute Gasteiger partial charge is 0.416 e. The van der Waals surface area contributed by atoms with Crippen molar-refractivity contribution in [3.05, 3.63) is 59.7 Å². The fraction of sp³-hybridized carbons (Fsp3) is 0.462. The molecular formula is C26H34F3N3O5S. The molecule has 38 heavy (non-hydrogen) atoms. The van der Waals surface area contributed by atoms with E-state index in [0.717, 1.165) is 34.3 Å². The zero-order valence-electron chi connectivity index (χ0n) is 22.1. The van der Waals surface area contributed by atoms with Gasteiger partial charge in [0.2, 0.25) is 21.8 Å². The molecule has 0 aliphatic heterocycles. The quantitative estimate of drug-likeness (QED) is 0.422. The lowest BCUT2D eigenvalue weighted by molar-refractivity contribution is -0.140. The number of carbonyl (C=O) groups is 2. The molecule has 1 N–H and O–H groups in total. The summed E-state index contributed by atoms with van der Waals surface area (Å²) in [7, 11) is -2.40. The summed E-state index contributed by atoms with van der Waals surface area (Å²) in [5.41, 5.74) is -0.366. The number of hydrogen-bond acceptors (Lipinski definition) is 5. The van der Waals surface area contributed by atoms with E-state index in [9.17, 15) is 31.2 Å². The van der Waals surface area contributed by atoms with Gasteiger partial charge in [0, 0.05) is 25.6 Å². The van der Waals surface area contributed by atoms with Crippen LogP contribution in [-0.4, -0.2) is 57.1 Å². The molecule has 12 heteroatoms. The van der Waals surface area contributed by atoms with Crippen LogP contribution >= 0.6 is 0 Å². The lowest BCUT2D eigenvalue weighted by Crippen LogP contribution is -2.49. The van der Waals surface area contributed by atoms with Crippen LogP contribution < -0.4 is 14.4 Å². The van der Waals surface area contributed by atoms with Gasteiger partial charge in [-0.05, 0) is 63.1 Å². The second-order valence-electron chi connectivity index (χ2n) is 9.20. The topological polar surface area (TPSA) is 96.0 Å². The number of methoxy groups -OCH3 is 1. The highest BCUT2D eigenvalue weighted by molar-refractivity contribution is 7.92. The molecule has 1 atom stereocenters. The molecule has 0 radical (unpaired) electrons. The Labute approximate surface area is 221 Å². The number of alkyl halides is 3. The molecule has 2 aromatic rings. The molecule has 2 aromatic carbocycles. The van der Waals surface area contributed by atoms with Crippen LogP contribution in [-0.2, 0) is 32.3 Å². The number of hydrogen-bond donors (Lipinski definition) is 1. The molecule has 0 aromatic heterocycles. The predicted octanol–water partition coefficient (Wildman–Crippen LogP) is 4.20. The number of amides is 2. The normalized spacial score (nSPS) is 12.7. The summed E-state index contributed by atoms with van der Waals surface area (Å²) in [6.07, 6.45) is -3.84. The van der Waals surface area contributed by atoms with Crippen molar-refractivity contribution in [3.8, 4) is 5.75 Å². The Morgan fingerprint density at radius 1 is 1.05 bits per heavy atom. The number of sulfonamides is 1. The van der Waals surface area contributed by atoms with Gasteiger partial charge in [-0.2, -0.15) is 13.2 Å². The van der Waals surface area contributed by atoms with Gasteiger partial charge >= 0.3 is 6.18 Å². The number of benzene rings is 2. The number of carbonyl (C=O) groups excluding carboxylic acids is 2. The first kappa shape index (κ1) is 30.9. The summed E-state index contributed by atoms with van der Waals surface area (Å²) in [4.78, 5) is 27.4. The zero-order chi connectivity index (χ0) is 28.7. The Kier molecular flexibility index (Phi) is 10.6. The fourth-order valence-electron chi connectivity index (χ4n) is 3.76. The third-order valence-electron chi connectivity index (χ3n) is 5.72. The van der Waals surface area contributed by atoms with E-state index in [-0.39, 0.29) is 43.6 Å². The van der Waals surface area contributed by atoms with E-state index in [1.54, 1.807) is 45.0 Å². The molecule has 2 amide bonds. The summed E-state index contributed by atoms with van der Waals surface area (Å²) in [5, 5.41) is 2.78. The van der Waals surface area contributed by atoms with Crippen molar-refractivity contribution in [1.29, 1.82) is 0 Å². The van der Waals surface area contributed by atoms with Crippen molar-refractivity contribution in [1.82, 2.24) is 10.2 Å². The minimum Gasteiger partial charge on any atom is -0.497 e. The maximum atomic E-state index is 13.3. The molecule has 8 nitrogen and oxygen atoms in total. The van der Waals surface area contributed by atoms with Crippen molar-refractivity contribution in [2.75, 3.05) is 24.2 Å². The van der Waals surface area contributed by atoms with Crippen molar-refractivity contribution in [3.63, 3.8) is 0 Å². The third kappa shape index (κ3) is 8.93. The van der Waals surface area contributed by atoms with Crippen molar-refractivity contribution in [2.45, 2.75) is 58.4 Å². The fourth-order valence-corrected chi connectivity index (χ4v) is 4.71. The number of halogens is 3. The van der Waals surface area contributed by atoms with Gasteiger partial charge in [0.05, 0.1) is 24.6 Å². The van der Waals surface area contributed by atoms with Gasteiger partial charge in [-0.1, -0.05) is 18.2 Å². The molecule has 0 saturated carbocycles. The van der Waals surface area contributed by atoms with E-state index in [1.807, 2.05) is 0 Å². The SMILES string of the molecule is COc1ccc(CN(C(=O)CCCN(c2cccc(C(F)(F)F)c2)S(C)(=O)=O)C(C)C(=O)NC(C)C)cc1. The Hall–Kier alpha value is -3.28. The molecule has 0 heterocycles. The molecule has 1 unspecified atom stereocenters. The maximum absolute atomic E-state index is 13.3. The first-order valence-corrected chi connectivity index (χ1v) is 13.9. The Morgan fingerprint density at radius 2 is 1.68 bits per heavy atom. The van der Waals surface area contributed by atoms with Gasteiger partial charge in [-0.25, -0.2) is 8.42 Å². The number of nitrogens with one attached hydrogen (secondary N) is 1. The number of ether oxygens (including phenoxy) is 1. The van der Waals surface area contributed by atoms with Gasteiger partial charge in [0.25, 0.3) is 0 Å². The largest absolute Gasteiger partial charge is 0.497 e. The van der Waals surface area contributed by atoms with Crippen molar-refractivity contribution < 1.29 is 35.9 Å². The summed E-state index contributed by atoms with van der Waals surface area (Å²) >= 11 is 0. The highest BCUT2D eigenvalue weighted by atomic mass is 32.2. The van der Waals surface area contributed by atoms with Gasteiger partial charge in [0.15, 0.2) is 0 Å². The minimum atomic E-state index is -4.64. The molecule has 0 saturated heterocycles. The van der Waals surface area contributed by atoms with E-state index < -0.39 is 33.7 Å². The van der Waals surface area contributed by atoms with Gasteiger partial charge in [-0.15, -0.1) is 0 Å². The van der Waals surface area contributed by atoms with Crippen LogP contribution in [0.2, 0.25) is 0 Å². The van der Waals surface area contributed by atoms with E-state index in [2.05, 4.69) is 5.32 Å². The van der Waals surface area contributed by atoms with Crippen LogP contribution in [0.5, 0.6) is 5.75 Å². The number of nitrogens with zero attached hydrogens (tertiary/aromatic N) is 2. The van der Waals surface area contributed by atoms with E-state index >= 15 is 0 Å². The van der Waals surface area contributed by atoms with Gasteiger partial charge < -0.3 is 15.0 Å². The third-order valence-corrected chi connectivity index (χ3v) is 6.92. The molecule has 210 valence electrons. The highest BCUT2D eigenvalue weighted by Gasteiger charge is 2.32. The molecule has 0 aliphatic rings. The number of anilines is 1. The molecular weight excluding hydrogens is 523 g/mol. The van der Waals surface area contributed by atoms with Crippen LogP contribution in [0, 0.1) is 0 Å². The lowest BCUT2D eigenvalue weighted by Gasteiger charge is -2.30. The second-order valence-corrected chi connectivity index (χ2v) is 11.1. The Bertz CT molecular complexity index is 1200. The molecule has 0 fully saturated rings. The molecule has 2 rings (SSSR count). The van der Waals surface area contributed by atoms with Gasteiger partial charge in [-0.3, -0.25) is 13.9 Å². The standard InChI is InChI=1S/C26H34F3N3O5S/c1-18(2)30-25(34)19(3)31(17-20-11-13-23(37-4)14-12-20)24(33)10-7-15-32(38(5,35)36)22-9-6-8-21(16-22)26(27,28)29/h6,8-9,11-14,16,18-19H,7,10,15,17H2,1-5H3,(H,30,34). The monoisotopic (exact) mass is 557 g/mol. The summed E-state index contributed by atoms with van der Waals surface area (Å²) in [6, 6.07) is 10.1. The average Bonchev–Trinajstić information content (AvgIpc) is 2.83. The van der Waals surface area contributed by atoms with Gasteiger partial charge in [0.1, 0.15) is 11.8 Å². The van der Waals surface area contributed by atoms with E-state index in [1.165, 1.54) is 18.1 Å². The summed E-state index contributed by atoms with van der Waals surface area (Å²) in [5.74, 6) is -0.110. The first-order valence-electron chi connectivity index (χ1n) is 12.0. The molecule has 0 aliphatic carbocycles. The van der Waals surface area contributed by atoms with E-state index in [4.69, 9.17) is 4.74 Å². The van der Waals surface area contributed by atoms with Crippen LogP contribution in [0.15, 0.2) is 48.5 Å². The maximum Gasteiger partial charge on any atom is 0.416 e. The van der Waals surface area contributed by atoms with Crippen molar-refractivity contribution in [2.24, 2.45) is 0 Å². The van der Waals surface area contributed by atoms with Crippen molar-refractivity contribution >= 4 is 27.5 Å². The van der Waals surface area contributed by atoms with E-state index in [0.29, 0.717) is 5.75 Å². The second kappa shape index (κ2) is 13.0. The van der Waals surface area contributed by atoms with Crippen LogP contribution in [0.1, 0.15) is 44.7 Å². The first-order chi connectivity index (χ1) is 17.6. The minimum absolute atomic E-state index is 0.0276. The summed E-state index contributed by atoms with van der Waals surface area (Å²) < 4.78 is 70.2. The summed E-state index contributed by atoms with van der Waals surface area (Å²) in [6.45, 7) is 5.11. The Balaban J connectivity index is 2.22. The zero-order valence-corrected chi connectivity index (χ0v) is 22.9. The highest BCUT2D eigenvalue weighted by Crippen LogP contribution is 2.32. The Morgan fingerprint density at radius 3 is 2.21 bits per heavy atom. The lowest BCUT2D eigenvalue weighted by atomic mass is 10.1. The molecule has 0 bridgehead atoms. The predicted molar refractivity (Wildman–Crippen MR) is 139 cm³/mol.